The van der Waals surface area contributed by atoms with Crippen LogP contribution < -0.4 is 0 Å². The number of fused-ring (bicyclic) bond motifs is 2. The highest BCUT2D eigenvalue weighted by Crippen LogP contribution is 2.63. The van der Waals surface area contributed by atoms with Gasteiger partial charge in [-0.15, -0.1) is 0 Å². The van der Waals surface area contributed by atoms with Crippen LogP contribution in [0.2, 0.25) is 0 Å². The summed E-state index contributed by atoms with van der Waals surface area (Å²) in [6.45, 7) is -0.00245. The molecule has 1 aliphatic heterocycles. The third-order valence-corrected chi connectivity index (χ3v) is 4.00. The Labute approximate surface area is 105 Å². The summed E-state index contributed by atoms with van der Waals surface area (Å²) >= 11 is 3.28. The lowest BCUT2D eigenvalue weighted by Gasteiger charge is -2.23. The van der Waals surface area contributed by atoms with Crippen molar-refractivity contribution in [2.75, 3.05) is 6.54 Å². The molecule has 17 heavy (non-hydrogen) atoms. The van der Waals surface area contributed by atoms with Gasteiger partial charge in [0.2, 0.25) is 0 Å². The maximum Gasteiger partial charge on any atom is 0.260 e. The molecule has 0 aromatic heterocycles. The number of hydrogen-bond acceptors (Lipinski definition) is 2. The summed E-state index contributed by atoms with van der Waals surface area (Å²) < 4.78 is 27.8. The van der Waals surface area contributed by atoms with E-state index in [1.807, 2.05) is 0 Å². The molecule has 0 radical (unpaired) electrons. The molecule has 1 aliphatic carbocycles. The molecule has 0 amide bonds. The number of benzene rings is 1. The zero-order valence-electron chi connectivity index (χ0n) is 8.71. The minimum absolute atomic E-state index is 0.00245. The number of carbonyl (C=O) groups is 1. The van der Waals surface area contributed by atoms with Crippen molar-refractivity contribution in [2.24, 2.45) is 4.99 Å². The van der Waals surface area contributed by atoms with E-state index >= 15 is 0 Å². The number of rotatable bonds is 1. The SMILES string of the molecule is O=CC1=NCC2(CC2(F)F)c2cc(Br)ccc21. The zero-order valence-corrected chi connectivity index (χ0v) is 10.3. The third kappa shape index (κ3) is 1.35. The van der Waals surface area contributed by atoms with Gasteiger partial charge in [0, 0.05) is 16.5 Å². The molecule has 88 valence electrons. The van der Waals surface area contributed by atoms with Crippen LogP contribution in [-0.4, -0.2) is 24.5 Å². The standard InChI is InChI=1S/C12H8BrF2NO/c13-7-1-2-8-9(3-7)11(5-12(11,14)15)6-16-10(8)4-17/h1-4H,5-6H2. The maximum absolute atomic E-state index is 13.5. The molecule has 1 atom stereocenters. The molecule has 3 rings (SSSR count). The van der Waals surface area contributed by atoms with Crippen molar-refractivity contribution in [3.05, 3.63) is 33.8 Å². The van der Waals surface area contributed by atoms with Crippen molar-refractivity contribution < 1.29 is 13.6 Å². The van der Waals surface area contributed by atoms with E-state index in [1.165, 1.54) is 0 Å². The quantitative estimate of drug-likeness (QED) is 0.733. The summed E-state index contributed by atoms with van der Waals surface area (Å²) in [7, 11) is 0. The fourth-order valence-corrected chi connectivity index (χ4v) is 2.79. The van der Waals surface area contributed by atoms with E-state index in [0.29, 0.717) is 17.4 Å². The van der Waals surface area contributed by atoms with Gasteiger partial charge in [-0.2, -0.15) is 0 Å². The predicted octanol–water partition coefficient (Wildman–Crippen LogP) is 2.73. The van der Waals surface area contributed by atoms with Crippen LogP contribution in [0.15, 0.2) is 27.7 Å². The lowest BCUT2D eigenvalue weighted by Crippen LogP contribution is -2.28. The van der Waals surface area contributed by atoms with Crippen LogP contribution in [0.5, 0.6) is 0 Å². The Morgan fingerprint density at radius 1 is 1.41 bits per heavy atom. The first-order valence-electron chi connectivity index (χ1n) is 5.18. The summed E-state index contributed by atoms with van der Waals surface area (Å²) in [4.78, 5) is 14.9. The Kier molecular flexibility index (Phi) is 2.09. The molecule has 1 heterocycles. The van der Waals surface area contributed by atoms with Crippen molar-refractivity contribution in [2.45, 2.75) is 17.8 Å². The van der Waals surface area contributed by atoms with Gasteiger partial charge in [-0.3, -0.25) is 9.79 Å². The summed E-state index contributed by atoms with van der Waals surface area (Å²) in [5.41, 5.74) is 0.153. The average Bonchev–Trinajstić information content (AvgIpc) is 2.83. The number of alkyl halides is 2. The third-order valence-electron chi connectivity index (χ3n) is 3.50. The summed E-state index contributed by atoms with van der Waals surface area (Å²) in [6.07, 6.45) is 0.444. The summed E-state index contributed by atoms with van der Waals surface area (Å²) in [6, 6.07) is 5.08. The van der Waals surface area contributed by atoms with Crippen LogP contribution in [0.1, 0.15) is 17.5 Å². The summed E-state index contributed by atoms with van der Waals surface area (Å²) in [5, 5.41) is 0. The number of carbonyl (C=O) groups excluding carboxylic acids is 1. The Morgan fingerprint density at radius 3 is 2.71 bits per heavy atom. The number of aldehydes is 1. The molecule has 1 spiro atoms. The first kappa shape index (κ1) is 11.0. The van der Waals surface area contributed by atoms with Gasteiger partial charge in [0.15, 0.2) is 6.29 Å². The van der Waals surface area contributed by atoms with Crippen molar-refractivity contribution >= 4 is 27.9 Å². The van der Waals surface area contributed by atoms with Crippen molar-refractivity contribution in [3.8, 4) is 0 Å². The molecule has 1 aromatic rings. The molecule has 0 saturated heterocycles. The molecule has 2 aliphatic rings. The lowest BCUT2D eigenvalue weighted by molar-refractivity contribution is -0.102. The predicted molar refractivity (Wildman–Crippen MR) is 62.9 cm³/mol. The van der Waals surface area contributed by atoms with E-state index in [0.717, 1.165) is 4.47 Å². The van der Waals surface area contributed by atoms with Gasteiger partial charge < -0.3 is 0 Å². The topological polar surface area (TPSA) is 29.4 Å². The highest BCUT2D eigenvalue weighted by molar-refractivity contribution is 9.10. The van der Waals surface area contributed by atoms with Gasteiger partial charge in [-0.1, -0.05) is 22.0 Å². The minimum Gasteiger partial charge on any atom is -0.296 e. The molecule has 0 N–H and O–H groups in total. The van der Waals surface area contributed by atoms with Crippen molar-refractivity contribution in [1.29, 1.82) is 0 Å². The second-order valence-corrected chi connectivity index (χ2v) is 5.39. The second kappa shape index (κ2) is 3.22. The van der Waals surface area contributed by atoms with Crippen molar-refractivity contribution in [3.63, 3.8) is 0 Å². The fourth-order valence-electron chi connectivity index (χ4n) is 2.43. The molecule has 1 aromatic carbocycles. The number of aliphatic imine (C=N–C) groups is 1. The normalized spacial score (nSPS) is 28.5. The van der Waals surface area contributed by atoms with Crippen LogP contribution in [0.4, 0.5) is 8.78 Å². The molecule has 5 heteroatoms. The van der Waals surface area contributed by atoms with Gasteiger partial charge >= 0.3 is 0 Å². The van der Waals surface area contributed by atoms with Crippen LogP contribution in [-0.2, 0) is 10.2 Å². The first-order chi connectivity index (χ1) is 8.00. The summed E-state index contributed by atoms with van der Waals surface area (Å²) in [5.74, 6) is -2.71. The first-order valence-corrected chi connectivity index (χ1v) is 5.97. The monoisotopic (exact) mass is 299 g/mol. The molecule has 2 nitrogen and oxygen atoms in total. The Hall–Kier alpha value is -1.10. The van der Waals surface area contributed by atoms with E-state index < -0.39 is 11.3 Å². The van der Waals surface area contributed by atoms with E-state index in [9.17, 15) is 13.6 Å². The van der Waals surface area contributed by atoms with Crippen LogP contribution in [0.25, 0.3) is 0 Å². The van der Waals surface area contributed by atoms with E-state index in [2.05, 4.69) is 20.9 Å². The Morgan fingerprint density at radius 2 is 2.12 bits per heavy atom. The number of hydrogen-bond donors (Lipinski definition) is 0. The minimum atomic E-state index is -2.71. The number of halogens is 3. The zero-order chi connectivity index (χ0) is 12.3. The van der Waals surface area contributed by atoms with Crippen LogP contribution >= 0.6 is 15.9 Å². The second-order valence-electron chi connectivity index (χ2n) is 4.47. The van der Waals surface area contributed by atoms with Gasteiger partial charge in [-0.25, -0.2) is 8.78 Å². The highest BCUT2D eigenvalue weighted by atomic mass is 79.9. The largest absolute Gasteiger partial charge is 0.296 e. The molecular weight excluding hydrogens is 292 g/mol. The maximum atomic E-state index is 13.5. The van der Waals surface area contributed by atoms with E-state index in [-0.39, 0.29) is 18.7 Å². The van der Waals surface area contributed by atoms with Crippen LogP contribution in [0, 0.1) is 0 Å². The highest BCUT2D eigenvalue weighted by Gasteiger charge is 2.73. The molecule has 1 saturated carbocycles. The number of nitrogens with zero attached hydrogens (tertiary/aromatic N) is 1. The lowest BCUT2D eigenvalue weighted by atomic mass is 9.86. The molecule has 1 fully saturated rings. The van der Waals surface area contributed by atoms with Gasteiger partial charge in [0.1, 0.15) is 5.71 Å². The van der Waals surface area contributed by atoms with E-state index in [4.69, 9.17) is 0 Å². The van der Waals surface area contributed by atoms with Gasteiger partial charge in [0.05, 0.1) is 12.0 Å². The van der Waals surface area contributed by atoms with Crippen LogP contribution in [0.3, 0.4) is 0 Å². The fraction of sp³-hybridized carbons (Fsp3) is 0.333. The van der Waals surface area contributed by atoms with Gasteiger partial charge in [0.25, 0.3) is 5.92 Å². The smallest absolute Gasteiger partial charge is 0.260 e. The molecule has 1 unspecified atom stereocenters. The van der Waals surface area contributed by atoms with Gasteiger partial charge in [-0.05, 0) is 17.7 Å². The average molecular weight is 300 g/mol. The Bertz CT molecular complexity index is 555. The van der Waals surface area contributed by atoms with E-state index in [1.54, 1.807) is 18.2 Å². The molecule has 0 bridgehead atoms. The van der Waals surface area contributed by atoms with Crippen molar-refractivity contribution in [1.82, 2.24) is 0 Å². The Balaban J connectivity index is 2.22. The molecular formula is C12H8BrF2NO.